The maximum atomic E-state index is 7.89. The van der Waals surface area contributed by atoms with Crippen molar-refractivity contribution in [2.75, 3.05) is 0 Å². The molecule has 0 aromatic rings. The van der Waals surface area contributed by atoms with Crippen molar-refractivity contribution in [2.45, 2.75) is 0 Å². The average Bonchev–Trinajstić information content (AvgIpc) is 1.65. The predicted octanol–water partition coefficient (Wildman–Crippen LogP) is -1.20. The molecule has 0 saturated heterocycles. The van der Waals surface area contributed by atoms with Crippen molar-refractivity contribution < 1.29 is 5.21 Å². The van der Waals surface area contributed by atoms with Crippen LogP contribution in [0.3, 0.4) is 0 Å². The van der Waals surface area contributed by atoms with Crippen molar-refractivity contribution in [3.8, 4) is 0 Å². The maximum absolute atomic E-state index is 7.89. The minimum Gasteiger partial charge on any atom is -0.370 e. The minimum absolute atomic E-state index is 0. The predicted molar refractivity (Wildman–Crippen MR) is 34.9 cm³/mol. The number of rotatable bonds is 0. The summed E-state index contributed by atoms with van der Waals surface area (Å²) in [5.41, 5.74) is 6.20. The first-order chi connectivity index (χ1) is 3.66. The van der Waals surface area contributed by atoms with Crippen LogP contribution in [0.1, 0.15) is 0 Å². The van der Waals surface area contributed by atoms with Gasteiger partial charge in [-0.2, -0.15) is 0 Å². The summed E-state index contributed by atoms with van der Waals surface area (Å²) in [6.07, 6.45) is 0. The van der Waals surface area contributed by atoms with Gasteiger partial charge in [0.2, 0.25) is 5.96 Å². The number of guanidine groups is 2. The van der Waals surface area contributed by atoms with E-state index in [9.17, 15) is 0 Å². The normalized spacial score (nSPS) is 6.78. The molecule has 0 radical (unpaired) electrons. The molecular weight excluding hydrogens is 146 g/mol. The molecule has 0 atom stereocenters. The molecule has 0 aliphatic heterocycles. The number of hydroxylamine groups is 1. The number of nitrogens with two attached hydrogens (primary N) is 1. The quantitative estimate of drug-likeness (QED) is 0.149. The summed E-state index contributed by atoms with van der Waals surface area (Å²) in [6, 6.07) is 0. The zero-order valence-corrected chi connectivity index (χ0v) is 5.25. The fourth-order valence-corrected chi connectivity index (χ4v) is 0.163. The van der Waals surface area contributed by atoms with Crippen LogP contribution < -0.4 is 16.5 Å². The lowest BCUT2D eigenvalue weighted by Gasteiger charge is -2.00. The zero-order valence-electron chi connectivity index (χ0n) is 4.43. The van der Waals surface area contributed by atoms with Crippen LogP contribution in [0.5, 0.6) is 0 Å². The smallest absolute Gasteiger partial charge is 0.219 e. The van der Waals surface area contributed by atoms with Gasteiger partial charge in [0.05, 0.1) is 0 Å². The van der Waals surface area contributed by atoms with Crippen molar-refractivity contribution in [2.24, 2.45) is 5.73 Å². The Hall–Kier alpha value is -1.01. The van der Waals surface area contributed by atoms with Crippen molar-refractivity contribution in [1.29, 1.82) is 10.8 Å². The van der Waals surface area contributed by atoms with Crippen LogP contribution in [-0.4, -0.2) is 17.1 Å². The Morgan fingerprint density at radius 2 is 1.89 bits per heavy atom. The van der Waals surface area contributed by atoms with Crippen LogP contribution in [0.15, 0.2) is 0 Å². The Balaban J connectivity index is 0. The van der Waals surface area contributed by atoms with Crippen LogP contribution >= 0.6 is 12.4 Å². The third-order valence-electron chi connectivity index (χ3n) is 0.371. The van der Waals surface area contributed by atoms with E-state index in [0.29, 0.717) is 0 Å². The molecule has 0 saturated carbocycles. The van der Waals surface area contributed by atoms with Gasteiger partial charge in [0, 0.05) is 0 Å². The Morgan fingerprint density at radius 1 is 1.44 bits per heavy atom. The van der Waals surface area contributed by atoms with E-state index in [4.69, 9.17) is 21.8 Å². The summed E-state index contributed by atoms with van der Waals surface area (Å²) in [7, 11) is 0. The molecule has 0 fully saturated rings. The molecule has 7 heteroatoms. The second kappa shape index (κ2) is 5.13. The van der Waals surface area contributed by atoms with Gasteiger partial charge in [-0.15, -0.1) is 12.4 Å². The Morgan fingerprint density at radius 3 is 2.00 bits per heavy atom. The van der Waals surface area contributed by atoms with Gasteiger partial charge in [-0.3, -0.25) is 21.3 Å². The second-order valence-electron chi connectivity index (χ2n) is 1.03. The van der Waals surface area contributed by atoms with Crippen LogP contribution in [0.2, 0.25) is 0 Å². The van der Waals surface area contributed by atoms with Crippen LogP contribution in [0.25, 0.3) is 0 Å². The standard InChI is InChI=1S/C2H7N5O.ClH/c3-1(4)6-2(5)7-8;/h8H,(H6,3,4,5,6,7);1H. The highest BCUT2D eigenvalue weighted by molar-refractivity contribution is 5.94. The lowest BCUT2D eigenvalue weighted by molar-refractivity contribution is 0.230. The molecule has 0 unspecified atom stereocenters. The summed E-state index contributed by atoms with van der Waals surface area (Å²) < 4.78 is 0. The second-order valence-corrected chi connectivity index (χ2v) is 1.03. The zero-order chi connectivity index (χ0) is 6.57. The molecule has 0 bridgehead atoms. The fourth-order valence-electron chi connectivity index (χ4n) is 0.163. The van der Waals surface area contributed by atoms with Gasteiger partial charge in [0.25, 0.3) is 0 Å². The summed E-state index contributed by atoms with van der Waals surface area (Å²) in [5.74, 6) is -0.811. The molecule has 0 aliphatic carbocycles. The van der Waals surface area contributed by atoms with Crippen molar-refractivity contribution in [3.63, 3.8) is 0 Å². The molecule has 0 aromatic carbocycles. The molecule has 6 nitrogen and oxygen atoms in total. The Bertz CT molecular complexity index is 114. The third kappa shape index (κ3) is 6.99. The molecule has 0 heterocycles. The van der Waals surface area contributed by atoms with Gasteiger partial charge >= 0.3 is 0 Å². The van der Waals surface area contributed by atoms with Crippen LogP contribution in [-0.2, 0) is 0 Å². The first-order valence-electron chi connectivity index (χ1n) is 1.76. The van der Waals surface area contributed by atoms with E-state index in [1.807, 2.05) is 5.32 Å². The SMILES string of the molecule is Cl.N=C(N)NC(=N)NO. The van der Waals surface area contributed by atoms with E-state index < -0.39 is 11.9 Å². The van der Waals surface area contributed by atoms with E-state index in [2.05, 4.69) is 0 Å². The molecule has 0 spiro atoms. The third-order valence-corrected chi connectivity index (χ3v) is 0.371. The molecule has 9 heavy (non-hydrogen) atoms. The van der Waals surface area contributed by atoms with Crippen molar-refractivity contribution in [3.05, 3.63) is 0 Å². The van der Waals surface area contributed by atoms with E-state index in [1.165, 1.54) is 5.48 Å². The largest absolute Gasteiger partial charge is 0.370 e. The highest BCUT2D eigenvalue weighted by Crippen LogP contribution is 1.50. The maximum Gasteiger partial charge on any atom is 0.219 e. The van der Waals surface area contributed by atoms with Gasteiger partial charge in [0.1, 0.15) is 0 Å². The van der Waals surface area contributed by atoms with E-state index >= 15 is 0 Å². The molecule has 54 valence electrons. The lowest BCUT2D eigenvalue weighted by Crippen LogP contribution is -2.41. The van der Waals surface area contributed by atoms with Crippen molar-refractivity contribution >= 4 is 24.3 Å². The molecule has 0 aromatic heterocycles. The van der Waals surface area contributed by atoms with Crippen molar-refractivity contribution in [1.82, 2.24) is 10.8 Å². The van der Waals surface area contributed by atoms with E-state index in [1.54, 1.807) is 0 Å². The first kappa shape index (κ1) is 10.9. The molecule has 0 amide bonds. The molecular formula is C2H8ClN5O. The average molecular weight is 154 g/mol. The number of hydrogen-bond acceptors (Lipinski definition) is 3. The lowest BCUT2D eigenvalue weighted by atomic mass is 10.9. The number of hydrogen-bond donors (Lipinski definition) is 6. The Labute approximate surface area is 57.8 Å². The highest BCUT2D eigenvalue weighted by atomic mass is 35.5. The summed E-state index contributed by atoms with van der Waals surface area (Å²) >= 11 is 0. The minimum atomic E-state index is -0.419. The molecule has 7 N–H and O–H groups in total. The molecule has 0 aliphatic rings. The van der Waals surface area contributed by atoms with Crippen LogP contribution in [0.4, 0.5) is 0 Å². The van der Waals surface area contributed by atoms with Gasteiger partial charge in [0.15, 0.2) is 5.96 Å². The highest BCUT2D eigenvalue weighted by Gasteiger charge is 1.89. The van der Waals surface area contributed by atoms with Gasteiger partial charge in [-0.05, 0) is 0 Å². The summed E-state index contributed by atoms with van der Waals surface area (Å²) in [6.45, 7) is 0. The topological polar surface area (TPSA) is 118 Å². The monoisotopic (exact) mass is 153 g/mol. The summed E-state index contributed by atoms with van der Waals surface area (Å²) in [4.78, 5) is 0. The number of halogens is 1. The molecule has 0 rings (SSSR count). The van der Waals surface area contributed by atoms with Gasteiger partial charge in [-0.25, -0.2) is 5.48 Å². The first-order valence-corrected chi connectivity index (χ1v) is 1.76. The van der Waals surface area contributed by atoms with E-state index in [0.717, 1.165) is 0 Å². The van der Waals surface area contributed by atoms with E-state index in [-0.39, 0.29) is 12.4 Å². The van der Waals surface area contributed by atoms with Gasteiger partial charge in [-0.1, -0.05) is 0 Å². The van der Waals surface area contributed by atoms with Gasteiger partial charge < -0.3 is 5.73 Å². The Kier molecular flexibility index (Phi) is 6.21. The summed E-state index contributed by atoms with van der Waals surface area (Å²) in [5, 5.41) is 22.9. The fraction of sp³-hybridized carbons (Fsp3) is 0. The van der Waals surface area contributed by atoms with Crippen LogP contribution in [0, 0.1) is 10.8 Å². The number of nitrogens with one attached hydrogen (secondary N) is 4.